The second-order valence-corrected chi connectivity index (χ2v) is 9.01. The van der Waals surface area contributed by atoms with Crippen LogP contribution in [0.25, 0.3) is 0 Å². The van der Waals surface area contributed by atoms with Crippen LogP contribution in [0.5, 0.6) is 11.5 Å². The van der Waals surface area contributed by atoms with Crippen LogP contribution in [0.2, 0.25) is 0 Å². The summed E-state index contributed by atoms with van der Waals surface area (Å²) in [5.74, 6) is -0.00888. The second-order valence-electron chi connectivity index (χ2n) is 9.01. The average Bonchev–Trinajstić information content (AvgIpc) is 3.15. The molecule has 2 aromatic carbocycles. The predicted molar refractivity (Wildman–Crippen MR) is 129 cm³/mol. The maximum absolute atomic E-state index is 13.8. The molecule has 5 atom stereocenters. The highest BCUT2D eigenvalue weighted by molar-refractivity contribution is 5.25. The van der Waals surface area contributed by atoms with Gasteiger partial charge in [0.05, 0.1) is 6.61 Å². The van der Waals surface area contributed by atoms with Crippen LogP contribution >= 0.6 is 0 Å². The van der Waals surface area contributed by atoms with E-state index in [1.54, 1.807) is 24.3 Å². The highest BCUT2D eigenvalue weighted by Gasteiger charge is 2.49. The molecule has 0 saturated carbocycles. The molecule has 1 aliphatic rings. The van der Waals surface area contributed by atoms with Crippen molar-refractivity contribution in [3.05, 3.63) is 72.8 Å². The van der Waals surface area contributed by atoms with Crippen molar-refractivity contribution in [3.8, 4) is 11.5 Å². The number of hydrogen-bond acceptors (Lipinski definition) is 4. The SMILES string of the molecule is C=CCCCCCCCC(C)[C@@H]1O[C@H](CO)[C@@H](Oc2cccc(F)c2)[C@@H]1Oc1cccc(F)c1. The van der Waals surface area contributed by atoms with Gasteiger partial charge in [-0.05, 0) is 49.4 Å². The quantitative estimate of drug-likeness (QED) is 0.252. The van der Waals surface area contributed by atoms with Crippen molar-refractivity contribution in [3.63, 3.8) is 0 Å². The Morgan fingerprint density at radius 3 is 2.12 bits per heavy atom. The van der Waals surface area contributed by atoms with Crippen LogP contribution in [-0.4, -0.2) is 36.1 Å². The number of halogens is 2. The summed E-state index contributed by atoms with van der Waals surface area (Å²) in [6, 6.07) is 11.8. The number of aliphatic hydroxyl groups is 1. The molecule has 1 unspecified atom stereocenters. The normalized spacial score (nSPS) is 22.9. The van der Waals surface area contributed by atoms with E-state index in [0.717, 1.165) is 25.7 Å². The predicted octanol–water partition coefficient (Wildman–Crippen LogP) is 6.47. The maximum Gasteiger partial charge on any atom is 0.166 e. The lowest BCUT2D eigenvalue weighted by atomic mass is 9.92. The van der Waals surface area contributed by atoms with E-state index < -0.39 is 29.9 Å². The van der Waals surface area contributed by atoms with Crippen molar-refractivity contribution in [2.45, 2.75) is 76.3 Å². The molecule has 0 amide bonds. The van der Waals surface area contributed by atoms with Gasteiger partial charge >= 0.3 is 0 Å². The van der Waals surface area contributed by atoms with Crippen molar-refractivity contribution >= 4 is 0 Å². The third-order valence-corrected chi connectivity index (χ3v) is 6.29. The third kappa shape index (κ3) is 7.54. The van der Waals surface area contributed by atoms with Gasteiger partial charge in [0.25, 0.3) is 0 Å². The Balaban J connectivity index is 1.71. The van der Waals surface area contributed by atoms with Crippen molar-refractivity contribution in [1.29, 1.82) is 0 Å². The molecule has 4 nitrogen and oxygen atoms in total. The van der Waals surface area contributed by atoms with E-state index in [1.165, 1.54) is 43.5 Å². The maximum atomic E-state index is 13.8. The zero-order valence-electron chi connectivity index (χ0n) is 19.9. The van der Waals surface area contributed by atoms with Crippen LogP contribution in [0.15, 0.2) is 61.2 Å². The molecule has 0 aliphatic carbocycles. The standard InChI is InChI=1S/C28H36F2O4/c1-3-4-5-6-7-8-9-12-20(2)26-28(33-24-16-11-14-22(30)18-24)27(25(19-31)34-26)32-23-15-10-13-21(29)17-23/h3,10-11,13-18,20,25-28,31H,1,4-9,12,19H2,2H3/t20?,25-,26+,27-,28-/m1/s1. The van der Waals surface area contributed by atoms with Gasteiger partial charge in [-0.25, -0.2) is 8.78 Å². The van der Waals surface area contributed by atoms with Crippen LogP contribution in [0.4, 0.5) is 8.78 Å². The van der Waals surface area contributed by atoms with E-state index in [-0.39, 0.29) is 18.6 Å². The van der Waals surface area contributed by atoms with Crippen molar-refractivity contribution in [1.82, 2.24) is 0 Å². The number of hydrogen-bond donors (Lipinski definition) is 1. The summed E-state index contributed by atoms with van der Waals surface area (Å²) in [5.41, 5.74) is 0. The van der Waals surface area contributed by atoms with E-state index in [2.05, 4.69) is 13.5 Å². The third-order valence-electron chi connectivity index (χ3n) is 6.29. The van der Waals surface area contributed by atoms with Crippen LogP contribution in [0.3, 0.4) is 0 Å². The highest BCUT2D eigenvalue weighted by Crippen LogP contribution is 2.35. The molecule has 1 heterocycles. The molecule has 3 rings (SSSR count). The minimum atomic E-state index is -0.679. The molecule has 0 aromatic heterocycles. The van der Waals surface area contributed by atoms with Crippen LogP contribution in [0, 0.1) is 17.6 Å². The summed E-state index contributed by atoms with van der Waals surface area (Å²) < 4.78 is 46.1. The van der Waals surface area contributed by atoms with Crippen molar-refractivity contribution in [2.75, 3.05) is 6.61 Å². The molecule has 2 aromatic rings. The summed E-state index contributed by atoms with van der Waals surface area (Å²) in [4.78, 5) is 0. The van der Waals surface area contributed by atoms with Crippen molar-refractivity contribution in [2.24, 2.45) is 5.92 Å². The summed E-state index contributed by atoms with van der Waals surface area (Å²) in [5, 5.41) is 10.0. The molecular weight excluding hydrogens is 438 g/mol. The fraction of sp³-hybridized carbons (Fsp3) is 0.500. The summed E-state index contributed by atoms with van der Waals surface area (Å²) >= 11 is 0. The van der Waals surface area contributed by atoms with Gasteiger partial charge in [-0.15, -0.1) is 6.58 Å². The fourth-order valence-corrected chi connectivity index (χ4v) is 4.48. The van der Waals surface area contributed by atoms with E-state index in [4.69, 9.17) is 14.2 Å². The van der Waals surface area contributed by atoms with Gasteiger partial charge in [0.1, 0.15) is 35.3 Å². The second kappa shape index (κ2) is 13.4. The van der Waals surface area contributed by atoms with Gasteiger partial charge in [-0.1, -0.05) is 50.8 Å². The molecule has 0 spiro atoms. The van der Waals surface area contributed by atoms with Crippen LogP contribution < -0.4 is 9.47 Å². The summed E-state index contributed by atoms with van der Waals surface area (Å²) in [6.07, 6.45) is 7.41. The Morgan fingerprint density at radius 1 is 0.941 bits per heavy atom. The number of rotatable bonds is 14. The lowest BCUT2D eigenvalue weighted by molar-refractivity contribution is -0.0383. The lowest BCUT2D eigenvalue weighted by Crippen LogP contribution is -2.44. The van der Waals surface area contributed by atoms with Gasteiger partial charge in [-0.2, -0.15) is 0 Å². The Bertz CT molecular complexity index is 890. The zero-order chi connectivity index (χ0) is 24.3. The molecule has 1 fully saturated rings. The van der Waals surface area contributed by atoms with E-state index >= 15 is 0 Å². The zero-order valence-corrected chi connectivity index (χ0v) is 19.9. The van der Waals surface area contributed by atoms with Gasteiger partial charge in [0.15, 0.2) is 12.2 Å². The summed E-state index contributed by atoms with van der Waals surface area (Å²) in [6.45, 7) is 5.59. The fourth-order valence-electron chi connectivity index (χ4n) is 4.48. The van der Waals surface area contributed by atoms with Crippen LogP contribution in [-0.2, 0) is 4.74 Å². The van der Waals surface area contributed by atoms with Gasteiger partial charge in [0.2, 0.25) is 0 Å². The number of unbranched alkanes of at least 4 members (excludes halogenated alkanes) is 5. The van der Waals surface area contributed by atoms with E-state index in [9.17, 15) is 13.9 Å². The first-order valence-corrected chi connectivity index (χ1v) is 12.2. The monoisotopic (exact) mass is 474 g/mol. The first kappa shape index (κ1) is 26.2. The molecule has 0 radical (unpaired) electrons. The topological polar surface area (TPSA) is 47.9 Å². The Morgan fingerprint density at radius 2 is 1.53 bits per heavy atom. The van der Waals surface area contributed by atoms with E-state index in [0.29, 0.717) is 11.5 Å². The van der Waals surface area contributed by atoms with Gasteiger partial charge in [-0.3, -0.25) is 0 Å². The molecular formula is C28H36F2O4. The molecule has 1 aliphatic heterocycles. The van der Waals surface area contributed by atoms with E-state index in [1.807, 2.05) is 6.08 Å². The Hall–Kier alpha value is -2.44. The highest BCUT2D eigenvalue weighted by atomic mass is 19.1. The molecule has 1 N–H and O–H groups in total. The average molecular weight is 475 g/mol. The number of aliphatic hydroxyl groups excluding tert-OH is 1. The minimum Gasteiger partial charge on any atom is -0.484 e. The first-order chi connectivity index (χ1) is 16.5. The molecule has 186 valence electrons. The molecule has 0 bridgehead atoms. The smallest absolute Gasteiger partial charge is 0.166 e. The summed E-state index contributed by atoms with van der Waals surface area (Å²) in [7, 11) is 0. The van der Waals surface area contributed by atoms with Gasteiger partial charge in [0, 0.05) is 12.1 Å². The number of benzene rings is 2. The van der Waals surface area contributed by atoms with Crippen LogP contribution in [0.1, 0.15) is 51.9 Å². The lowest BCUT2D eigenvalue weighted by Gasteiger charge is -2.28. The Kier molecular flexibility index (Phi) is 10.4. The Labute approximate surface area is 201 Å². The number of allylic oxidation sites excluding steroid dienone is 1. The molecule has 34 heavy (non-hydrogen) atoms. The first-order valence-electron chi connectivity index (χ1n) is 12.2. The van der Waals surface area contributed by atoms with Crippen molar-refractivity contribution < 1.29 is 28.1 Å². The minimum absolute atomic E-state index is 0.127. The molecule has 1 saturated heterocycles. The largest absolute Gasteiger partial charge is 0.484 e. The number of ether oxygens (including phenoxy) is 3. The molecule has 6 heteroatoms. The van der Waals surface area contributed by atoms with Gasteiger partial charge < -0.3 is 19.3 Å².